The van der Waals surface area contributed by atoms with Crippen LogP contribution < -0.4 is 10.2 Å². The molecule has 0 saturated carbocycles. The van der Waals surface area contributed by atoms with Crippen molar-refractivity contribution in [2.24, 2.45) is 0 Å². The first-order chi connectivity index (χ1) is 10.0. The van der Waals surface area contributed by atoms with Crippen LogP contribution in [0.4, 0.5) is 5.82 Å². The largest absolute Gasteiger partial charge is 0.478 e. The molecule has 1 saturated heterocycles. The van der Waals surface area contributed by atoms with Gasteiger partial charge in [-0.15, -0.1) is 0 Å². The highest BCUT2D eigenvalue weighted by Gasteiger charge is 2.30. The van der Waals surface area contributed by atoms with Gasteiger partial charge < -0.3 is 20.1 Å². The molecule has 0 spiro atoms. The van der Waals surface area contributed by atoms with Crippen molar-refractivity contribution in [2.45, 2.75) is 19.9 Å². The molecule has 2 heterocycles. The predicted octanol–water partition coefficient (Wildman–Crippen LogP) is 0.430. The van der Waals surface area contributed by atoms with E-state index in [1.165, 1.54) is 12.1 Å². The quantitative estimate of drug-likeness (QED) is 0.836. The number of ether oxygens (including phenoxy) is 1. The molecule has 21 heavy (non-hydrogen) atoms. The molecule has 114 valence electrons. The van der Waals surface area contributed by atoms with Crippen molar-refractivity contribution in [1.82, 2.24) is 10.3 Å². The van der Waals surface area contributed by atoms with Crippen molar-refractivity contribution in [3.05, 3.63) is 23.4 Å². The average molecular weight is 293 g/mol. The summed E-state index contributed by atoms with van der Waals surface area (Å²) in [5.41, 5.74) is 0.768. The molecular formula is C14H19N3O4. The number of hydrogen-bond acceptors (Lipinski definition) is 5. The maximum absolute atomic E-state index is 12.1. The Hall–Kier alpha value is -2.15. The van der Waals surface area contributed by atoms with Gasteiger partial charge in [0.25, 0.3) is 0 Å². The number of aryl methyl sites for hydroxylation is 1. The molecule has 1 aromatic heterocycles. The molecule has 1 fully saturated rings. The van der Waals surface area contributed by atoms with Crippen molar-refractivity contribution in [3.63, 3.8) is 0 Å². The molecule has 1 aliphatic rings. The zero-order valence-corrected chi connectivity index (χ0v) is 12.1. The third-order valence-electron chi connectivity index (χ3n) is 3.26. The molecule has 1 aromatic rings. The second-order valence-corrected chi connectivity index (χ2v) is 4.84. The van der Waals surface area contributed by atoms with E-state index in [4.69, 9.17) is 9.84 Å². The van der Waals surface area contributed by atoms with Crippen molar-refractivity contribution < 1.29 is 19.4 Å². The van der Waals surface area contributed by atoms with Crippen molar-refractivity contribution in [1.29, 1.82) is 0 Å². The third kappa shape index (κ3) is 3.49. The topological polar surface area (TPSA) is 91.8 Å². The highest BCUT2D eigenvalue weighted by molar-refractivity contribution is 5.89. The number of nitrogens with one attached hydrogen (secondary N) is 1. The van der Waals surface area contributed by atoms with E-state index in [0.717, 1.165) is 0 Å². The van der Waals surface area contributed by atoms with Crippen LogP contribution in [-0.2, 0) is 9.53 Å². The first kappa shape index (κ1) is 15.2. The summed E-state index contributed by atoms with van der Waals surface area (Å²) in [4.78, 5) is 29.4. The van der Waals surface area contributed by atoms with Gasteiger partial charge in [-0.1, -0.05) is 0 Å². The number of likely N-dealkylation sites (N-methyl/N-ethyl adjacent to an activating group) is 1. The van der Waals surface area contributed by atoms with Gasteiger partial charge in [0.1, 0.15) is 11.9 Å². The molecular weight excluding hydrogens is 274 g/mol. The van der Waals surface area contributed by atoms with Crippen molar-refractivity contribution in [2.75, 3.05) is 31.2 Å². The van der Waals surface area contributed by atoms with E-state index in [1.807, 2.05) is 6.92 Å². The summed E-state index contributed by atoms with van der Waals surface area (Å²) < 4.78 is 5.36. The third-order valence-corrected chi connectivity index (χ3v) is 3.26. The van der Waals surface area contributed by atoms with Crippen LogP contribution in [0, 0.1) is 6.92 Å². The Kier molecular flexibility index (Phi) is 4.74. The molecule has 2 rings (SSSR count). The van der Waals surface area contributed by atoms with E-state index in [9.17, 15) is 9.59 Å². The zero-order chi connectivity index (χ0) is 15.4. The Morgan fingerprint density at radius 2 is 2.29 bits per heavy atom. The number of aromatic carboxylic acids is 1. The van der Waals surface area contributed by atoms with Crippen LogP contribution in [0.2, 0.25) is 0 Å². The van der Waals surface area contributed by atoms with E-state index in [2.05, 4.69) is 10.3 Å². The molecule has 2 N–H and O–H groups in total. The number of pyridine rings is 1. The average Bonchev–Trinajstić information content (AvgIpc) is 2.46. The summed E-state index contributed by atoms with van der Waals surface area (Å²) in [7, 11) is 0. The minimum Gasteiger partial charge on any atom is -0.478 e. The lowest BCUT2D eigenvalue weighted by molar-refractivity contribution is -0.124. The highest BCUT2D eigenvalue weighted by Crippen LogP contribution is 2.20. The van der Waals surface area contributed by atoms with Gasteiger partial charge >= 0.3 is 5.97 Å². The summed E-state index contributed by atoms with van der Waals surface area (Å²) in [6.45, 7) is 5.36. The van der Waals surface area contributed by atoms with Crippen molar-refractivity contribution in [3.8, 4) is 0 Å². The number of aromatic nitrogens is 1. The molecule has 1 atom stereocenters. The Labute approximate surface area is 122 Å². The van der Waals surface area contributed by atoms with Crippen LogP contribution in [-0.4, -0.2) is 54.3 Å². The van der Waals surface area contributed by atoms with Gasteiger partial charge in [-0.3, -0.25) is 4.79 Å². The number of rotatable bonds is 4. The second kappa shape index (κ2) is 6.53. The molecule has 1 unspecified atom stereocenters. The molecule has 0 aromatic carbocycles. The first-order valence-electron chi connectivity index (χ1n) is 6.87. The number of nitrogens with zero attached hydrogens (tertiary/aromatic N) is 2. The van der Waals surface area contributed by atoms with Crippen LogP contribution in [0.5, 0.6) is 0 Å². The molecule has 7 nitrogen and oxygen atoms in total. The van der Waals surface area contributed by atoms with E-state index < -0.39 is 12.0 Å². The molecule has 0 aliphatic carbocycles. The lowest BCUT2D eigenvalue weighted by Crippen LogP contribution is -2.54. The van der Waals surface area contributed by atoms with E-state index in [-0.39, 0.29) is 18.1 Å². The van der Waals surface area contributed by atoms with Gasteiger partial charge in [0.05, 0.1) is 18.8 Å². The van der Waals surface area contributed by atoms with E-state index >= 15 is 0 Å². The smallest absolute Gasteiger partial charge is 0.335 e. The second-order valence-electron chi connectivity index (χ2n) is 4.84. The van der Waals surface area contributed by atoms with E-state index in [1.54, 1.807) is 11.8 Å². The van der Waals surface area contributed by atoms with Crippen LogP contribution in [0.15, 0.2) is 12.1 Å². The van der Waals surface area contributed by atoms with Gasteiger partial charge in [0.15, 0.2) is 0 Å². The van der Waals surface area contributed by atoms with Crippen molar-refractivity contribution >= 4 is 17.7 Å². The van der Waals surface area contributed by atoms with Gasteiger partial charge in [-0.05, 0) is 26.0 Å². The van der Waals surface area contributed by atoms with Gasteiger partial charge in [0.2, 0.25) is 5.91 Å². The number of carboxylic acids is 1. The molecule has 1 aliphatic heterocycles. The highest BCUT2D eigenvalue weighted by atomic mass is 16.5. The summed E-state index contributed by atoms with van der Waals surface area (Å²) in [5, 5.41) is 11.9. The Bertz CT molecular complexity index is 547. The van der Waals surface area contributed by atoms with Gasteiger partial charge in [0, 0.05) is 18.8 Å². The van der Waals surface area contributed by atoms with Crippen LogP contribution >= 0.6 is 0 Å². The monoisotopic (exact) mass is 293 g/mol. The maximum atomic E-state index is 12.1. The fourth-order valence-corrected chi connectivity index (χ4v) is 2.31. The van der Waals surface area contributed by atoms with Crippen LogP contribution in [0.25, 0.3) is 0 Å². The summed E-state index contributed by atoms with van der Waals surface area (Å²) >= 11 is 0. The number of morpholine rings is 1. The van der Waals surface area contributed by atoms with Crippen LogP contribution in [0.1, 0.15) is 23.0 Å². The summed E-state index contributed by atoms with van der Waals surface area (Å²) in [5.74, 6) is -0.658. The molecule has 0 bridgehead atoms. The SMILES string of the molecule is CCNC(=O)C1COCCN1c1cc(C(=O)O)cc(C)n1. The number of carbonyl (C=O) groups excluding carboxylic acids is 1. The predicted molar refractivity (Wildman–Crippen MR) is 76.6 cm³/mol. The number of hydrogen-bond donors (Lipinski definition) is 2. The molecule has 7 heteroatoms. The first-order valence-corrected chi connectivity index (χ1v) is 6.87. The number of carboxylic acid groups (broad SMARTS) is 1. The summed E-state index contributed by atoms with van der Waals surface area (Å²) in [6.07, 6.45) is 0. The number of carbonyl (C=O) groups is 2. The fourth-order valence-electron chi connectivity index (χ4n) is 2.31. The zero-order valence-electron chi connectivity index (χ0n) is 12.1. The standard InChI is InChI=1S/C14H19N3O4/c1-3-15-13(18)11-8-21-5-4-17(11)12-7-10(14(19)20)6-9(2)16-12/h6-7,11H,3-5,8H2,1-2H3,(H,15,18)(H,19,20). The van der Waals surface area contributed by atoms with Gasteiger partial charge in [-0.2, -0.15) is 0 Å². The Balaban J connectivity index is 2.32. The maximum Gasteiger partial charge on any atom is 0.335 e. The minimum atomic E-state index is -1.01. The fraction of sp³-hybridized carbons (Fsp3) is 0.500. The molecule has 1 amide bonds. The van der Waals surface area contributed by atoms with Gasteiger partial charge in [-0.25, -0.2) is 9.78 Å². The summed E-state index contributed by atoms with van der Waals surface area (Å²) in [6, 6.07) is 2.51. The van der Waals surface area contributed by atoms with Crippen LogP contribution in [0.3, 0.4) is 0 Å². The normalized spacial score (nSPS) is 18.4. The number of amides is 1. The minimum absolute atomic E-state index is 0.141. The van der Waals surface area contributed by atoms with E-state index in [0.29, 0.717) is 31.2 Å². The lowest BCUT2D eigenvalue weighted by atomic mass is 10.1. The lowest BCUT2D eigenvalue weighted by Gasteiger charge is -2.35. The number of anilines is 1. The Morgan fingerprint density at radius 3 is 2.95 bits per heavy atom. The Morgan fingerprint density at radius 1 is 1.52 bits per heavy atom. The molecule has 0 radical (unpaired) electrons.